The third kappa shape index (κ3) is 2.15. The average molecular weight is 278 g/mol. The second kappa shape index (κ2) is 4.56. The Morgan fingerprint density at radius 2 is 2.21 bits per heavy atom. The lowest BCUT2D eigenvalue weighted by molar-refractivity contribution is 0.110. The lowest BCUT2D eigenvalue weighted by atomic mass is 9.68. The fourth-order valence-corrected chi connectivity index (χ4v) is 5.49. The van der Waals surface area contributed by atoms with Gasteiger partial charge in [-0.2, -0.15) is 0 Å². The monoisotopic (exact) mass is 278 g/mol. The number of aryl methyl sites for hydroxylation is 1. The first kappa shape index (κ1) is 13.6. The molecule has 2 nitrogen and oxygen atoms in total. The highest BCUT2D eigenvalue weighted by molar-refractivity contribution is 7.09. The molecule has 3 heteroatoms. The predicted octanol–water partition coefficient (Wildman–Crippen LogP) is 3.80. The van der Waals surface area contributed by atoms with Gasteiger partial charge < -0.3 is 5.32 Å². The van der Waals surface area contributed by atoms with Crippen molar-refractivity contribution < 1.29 is 0 Å². The number of fused-ring (bicyclic) bond motifs is 2. The van der Waals surface area contributed by atoms with Crippen LogP contribution in [0.25, 0.3) is 0 Å². The average Bonchev–Trinajstić information content (AvgIpc) is 2.95. The Labute approximate surface area is 121 Å². The summed E-state index contributed by atoms with van der Waals surface area (Å²) in [5.74, 6) is 0.931. The van der Waals surface area contributed by atoms with Crippen molar-refractivity contribution in [1.82, 2.24) is 10.3 Å². The van der Waals surface area contributed by atoms with Gasteiger partial charge in [-0.1, -0.05) is 20.8 Å². The van der Waals surface area contributed by atoms with Gasteiger partial charge in [-0.05, 0) is 49.4 Å². The predicted molar refractivity (Wildman–Crippen MR) is 81.6 cm³/mol. The second-order valence-electron chi connectivity index (χ2n) is 7.41. The molecule has 1 heterocycles. The lowest BCUT2D eigenvalue weighted by Gasteiger charge is -2.43. The smallest absolute Gasteiger partial charge is 0.0797 e. The van der Waals surface area contributed by atoms with Crippen LogP contribution in [-0.2, 0) is 6.42 Å². The third-order valence-corrected chi connectivity index (χ3v) is 6.81. The molecule has 2 aliphatic rings. The first-order valence-electron chi connectivity index (χ1n) is 7.56. The largest absolute Gasteiger partial charge is 0.313 e. The molecule has 3 unspecified atom stereocenters. The van der Waals surface area contributed by atoms with Crippen LogP contribution in [0.1, 0.15) is 50.6 Å². The molecular weight excluding hydrogens is 252 g/mol. The van der Waals surface area contributed by atoms with Crippen molar-refractivity contribution in [3.8, 4) is 0 Å². The van der Waals surface area contributed by atoms with Crippen molar-refractivity contribution in [2.75, 3.05) is 6.54 Å². The zero-order valence-corrected chi connectivity index (χ0v) is 13.4. The highest BCUT2D eigenvalue weighted by Gasteiger charge is 2.58. The van der Waals surface area contributed by atoms with E-state index in [1.54, 1.807) is 11.3 Å². The molecule has 0 spiro atoms. The normalized spacial score (nSPS) is 36.0. The van der Waals surface area contributed by atoms with Gasteiger partial charge in [0.25, 0.3) is 0 Å². The number of hydrogen-bond acceptors (Lipinski definition) is 3. The van der Waals surface area contributed by atoms with Crippen LogP contribution < -0.4 is 5.32 Å². The zero-order chi connectivity index (χ0) is 13.7. The maximum absolute atomic E-state index is 4.34. The summed E-state index contributed by atoms with van der Waals surface area (Å²) in [5.41, 5.74) is 4.19. The molecule has 0 aliphatic heterocycles. The minimum Gasteiger partial charge on any atom is -0.313 e. The van der Waals surface area contributed by atoms with Crippen LogP contribution in [-0.4, -0.2) is 17.6 Å². The van der Waals surface area contributed by atoms with E-state index in [0.29, 0.717) is 16.9 Å². The summed E-state index contributed by atoms with van der Waals surface area (Å²) in [6, 6.07) is 0.687. The number of thiazole rings is 1. The Kier molecular flexibility index (Phi) is 3.25. The van der Waals surface area contributed by atoms with Crippen molar-refractivity contribution in [3.63, 3.8) is 0 Å². The van der Waals surface area contributed by atoms with E-state index in [1.165, 1.54) is 29.8 Å². The number of nitrogens with zero attached hydrogens (tertiary/aromatic N) is 1. The maximum Gasteiger partial charge on any atom is 0.0797 e. The van der Waals surface area contributed by atoms with Crippen molar-refractivity contribution in [2.24, 2.45) is 16.7 Å². The molecule has 19 heavy (non-hydrogen) atoms. The Bertz CT molecular complexity index is 460. The van der Waals surface area contributed by atoms with Gasteiger partial charge in [0.2, 0.25) is 0 Å². The van der Waals surface area contributed by atoms with E-state index in [1.807, 2.05) is 5.51 Å². The zero-order valence-electron chi connectivity index (χ0n) is 12.6. The third-order valence-electron chi connectivity index (χ3n) is 5.82. The van der Waals surface area contributed by atoms with Crippen LogP contribution in [0.15, 0.2) is 5.51 Å². The topological polar surface area (TPSA) is 24.9 Å². The van der Waals surface area contributed by atoms with Crippen LogP contribution in [0.5, 0.6) is 0 Å². The molecular formula is C16H26N2S. The van der Waals surface area contributed by atoms with Crippen molar-refractivity contribution in [1.29, 1.82) is 0 Å². The summed E-state index contributed by atoms with van der Waals surface area (Å²) in [4.78, 5) is 5.78. The highest BCUT2D eigenvalue weighted by Crippen LogP contribution is 2.62. The van der Waals surface area contributed by atoms with E-state index in [9.17, 15) is 0 Å². The van der Waals surface area contributed by atoms with Crippen molar-refractivity contribution in [2.45, 2.75) is 59.4 Å². The fraction of sp³-hybridized carbons (Fsp3) is 0.812. The first-order chi connectivity index (χ1) is 8.93. The number of nitrogens with one attached hydrogen (secondary N) is 1. The number of hydrogen-bond donors (Lipinski definition) is 1. The molecule has 2 saturated carbocycles. The highest BCUT2D eigenvalue weighted by atomic mass is 32.1. The molecule has 2 aliphatic carbocycles. The minimum absolute atomic E-state index is 0.468. The van der Waals surface area contributed by atoms with Crippen LogP contribution >= 0.6 is 11.3 Å². The second-order valence-corrected chi connectivity index (χ2v) is 8.35. The van der Waals surface area contributed by atoms with Crippen LogP contribution in [0.2, 0.25) is 0 Å². The summed E-state index contributed by atoms with van der Waals surface area (Å²) in [7, 11) is 0. The first-order valence-corrected chi connectivity index (χ1v) is 8.44. The minimum atomic E-state index is 0.468. The van der Waals surface area contributed by atoms with Gasteiger partial charge in [0.15, 0.2) is 0 Å². The van der Waals surface area contributed by atoms with Gasteiger partial charge in [0, 0.05) is 17.5 Å². The molecule has 0 amide bonds. The molecule has 2 fully saturated rings. The van der Waals surface area contributed by atoms with Crippen LogP contribution in [0.3, 0.4) is 0 Å². The van der Waals surface area contributed by atoms with E-state index in [2.05, 4.69) is 38.0 Å². The molecule has 0 saturated heterocycles. The summed E-state index contributed by atoms with van der Waals surface area (Å²) in [5, 5.41) is 3.89. The Morgan fingerprint density at radius 1 is 1.42 bits per heavy atom. The molecule has 0 radical (unpaired) electrons. The van der Waals surface area contributed by atoms with Gasteiger partial charge in [0.05, 0.1) is 11.2 Å². The maximum atomic E-state index is 4.34. The summed E-state index contributed by atoms with van der Waals surface area (Å²) in [6.07, 6.45) is 5.41. The molecule has 3 rings (SSSR count). The van der Waals surface area contributed by atoms with E-state index in [4.69, 9.17) is 0 Å². The number of rotatable bonds is 4. The quantitative estimate of drug-likeness (QED) is 0.906. The Balaban J connectivity index is 1.62. The van der Waals surface area contributed by atoms with Crippen molar-refractivity contribution >= 4 is 11.3 Å². The summed E-state index contributed by atoms with van der Waals surface area (Å²) < 4.78 is 0. The molecule has 0 aromatic carbocycles. The van der Waals surface area contributed by atoms with Crippen molar-refractivity contribution in [3.05, 3.63) is 16.1 Å². The van der Waals surface area contributed by atoms with Gasteiger partial charge in [0.1, 0.15) is 0 Å². The molecule has 3 atom stereocenters. The van der Waals surface area contributed by atoms with E-state index >= 15 is 0 Å². The molecule has 1 N–H and O–H groups in total. The van der Waals surface area contributed by atoms with Crippen LogP contribution in [0.4, 0.5) is 0 Å². The SMILES string of the molecule is Cc1ncsc1CCNC1C2(C)CCC(C2)C1(C)C. The Hall–Kier alpha value is -0.410. The molecule has 1 aromatic heterocycles. The van der Waals surface area contributed by atoms with E-state index in [0.717, 1.165) is 18.9 Å². The van der Waals surface area contributed by atoms with Crippen LogP contribution in [0, 0.1) is 23.7 Å². The van der Waals surface area contributed by atoms with Gasteiger partial charge >= 0.3 is 0 Å². The van der Waals surface area contributed by atoms with E-state index < -0.39 is 0 Å². The number of aromatic nitrogens is 1. The van der Waals surface area contributed by atoms with Gasteiger partial charge in [-0.25, -0.2) is 4.98 Å². The van der Waals surface area contributed by atoms with Gasteiger partial charge in [-0.3, -0.25) is 0 Å². The Morgan fingerprint density at radius 3 is 2.79 bits per heavy atom. The van der Waals surface area contributed by atoms with E-state index in [-0.39, 0.29) is 0 Å². The molecule has 2 bridgehead atoms. The molecule has 1 aromatic rings. The van der Waals surface area contributed by atoms with Gasteiger partial charge in [-0.15, -0.1) is 11.3 Å². The lowest BCUT2D eigenvalue weighted by Crippen LogP contribution is -2.50. The molecule has 106 valence electrons. The standard InChI is InChI=1S/C16H26N2S/c1-11-13(19-10-18-11)6-8-17-14-15(2,3)12-5-7-16(14,4)9-12/h10,12,14,17H,5-9H2,1-4H3. The summed E-state index contributed by atoms with van der Waals surface area (Å²) in [6.45, 7) is 10.7. The fourth-order valence-electron chi connectivity index (χ4n) is 4.71. The summed E-state index contributed by atoms with van der Waals surface area (Å²) >= 11 is 1.80.